The molecule has 0 bridgehead atoms. The summed E-state index contributed by atoms with van der Waals surface area (Å²) in [5.41, 5.74) is 2.41. The van der Waals surface area contributed by atoms with Gasteiger partial charge in [0.15, 0.2) is 0 Å². The summed E-state index contributed by atoms with van der Waals surface area (Å²) in [4.78, 5) is 24.1. The molecule has 0 aliphatic rings. The predicted molar refractivity (Wildman–Crippen MR) is 84.5 cm³/mol. The van der Waals surface area contributed by atoms with Crippen LogP contribution in [0.15, 0.2) is 70.9 Å². The number of hydrogen-bond acceptors (Lipinski definition) is 6. The predicted octanol–water partition coefficient (Wildman–Crippen LogP) is 1.53. The first kappa shape index (κ1) is 14.1. The molecule has 0 fully saturated rings. The van der Waals surface area contributed by atoms with Crippen molar-refractivity contribution in [2.75, 3.05) is 0 Å². The first-order valence-corrected chi connectivity index (χ1v) is 7.21. The zero-order chi connectivity index (χ0) is 16.4. The maximum atomic E-state index is 11.9. The third-order valence-corrected chi connectivity index (χ3v) is 3.56. The molecule has 4 aromatic rings. The van der Waals surface area contributed by atoms with Crippen molar-refractivity contribution in [1.82, 2.24) is 29.2 Å². The Hall–Kier alpha value is -3.55. The lowest BCUT2D eigenvalue weighted by Gasteiger charge is -2.06. The van der Waals surface area contributed by atoms with E-state index in [2.05, 4.69) is 20.1 Å². The van der Waals surface area contributed by atoms with Crippen LogP contribution in [-0.2, 0) is 6.54 Å². The van der Waals surface area contributed by atoms with Crippen LogP contribution in [0.1, 0.15) is 5.56 Å². The molecule has 24 heavy (non-hydrogen) atoms. The summed E-state index contributed by atoms with van der Waals surface area (Å²) in [6.07, 6.45) is 9.95. The molecule has 8 heteroatoms. The van der Waals surface area contributed by atoms with E-state index >= 15 is 0 Å². The van der Waals surface area contributed by atoms with E-state index < -0.39 is 5.76 Å². The smallest absolute Gasteiger partial charge is 0.306 e. The van der Waals surface area contributed by atoms with E-state index in [4.69, 9.17) is 4.52 Å². The Labute approximate surface area is 136 Å². The minimum Gasteiger partial charge on any atom is -0.306 e. The minimum absolute atomic E-state index is 0.332. The van der Waals surface area contributed by atoms with Crippen LogP contribution in [-0.4, -0.2) is 29.2 Å². The average Bonchev–Trinajstić information content (AvgIpc) is 3.28. The van der Waals surface area contributed by atoms with Crippen molar-refractivity contribution < 1.29 is 4.52 Å². The first-order valence-electron chi connectivity index (χ1n) is 7.21. The lowest BCUT2D eigenvalue weighted by atomic mass is 10.2. The van der Waals surface area contributed by atoms with E-state index in [1.807, 2.05) is 35.0 Å². The Balaban J connectivity index is 1.64. The van der Waals surface area contributed by atoms with E-state index in [0.29, 0.717) is 18.1 Å². The molecular formula is C16H12N6O2. The van der Waals surface area contributed by atoms with Crippen LogP contribution in [0.4, 0.5) is 0 Å². The van der Waals surface area contributed by atoms with Gasteiger partial charge in [-0.1, -0.05) is 17.3 Å². The molecule has 0 saturated heterocycles. The molecule has 0 unspecified atom stereocenters. The number of hydrogen-bond donors (Lipinski definition) is 0. The van der Waals surface area contributed by atoms with E-state index in [1.54, 1.807) is 24.9 Å². The van der Waals surface area contributed by atoms with Crippen molar-refractivity contribution in [3.8, 4) is 17.2 Å². The molecule has 3 heterocycles. The highest BCUT2D eigenvalue weighted by Gasteiger charge is 2.14. The molecule has 0 amide bonds. The van der Waals surface area contributed by atoms with Gasteiger partial charge in [-0.2, -0.15) is 0 Å². The van der Waals surface area contributed by atoms with Crippen molar-refractivity contribution in [2.24, 2.45) is 0 Å². The van der Waals surface area contributed by atoms with E-state index in [9.17, 15) is 4.79 Å². The van der Waals surface area contributed by atoms with Gasteiger partial charge in [-0.3, -0.25) is 14.1 Å². The number of benzene rings is 1. The van der Waals surface area contributed by atoms with Crippen molar-refractivity contribution in [1.29, 1.82) is 0 Å². The van der Waals surface area contributed by atoms with Crippen LogP contribution >= 0.6 is 0 Å². The summed E-state index contributed by atoms with van der Waals surface area (Å²) >= 11 is 0. The molecule has 4 rings (SSSR count). The van der Waals surface area contributed by atoms with Gasteiger partial charge in [0, 0.05) is 30.5 Å². The third kappa shape index (κ3) is 2.60. The molecule has 0 atom stereocenters. The van der Waals surface area contributed by atoms with E-state index in [0.717, 1.165) is 11.3 Å². The number of rotatable bonds is 4. The molecule has 1 aromatic carbocycles. The van der Waals surface area contributed by atoms with Crippen LogP contribution in [0.2, 0.25) is 0 Å². The lowest BCUT2D eigenvalue weighted by molar-refractivity contribution is 0.378. The maximum Gasteiger partial charge on any atom is 0.442 e. The second-order valence-electron chi connectivity index (χ2n) is 5.09. The summed E-state index contributed by atoms with van der Waals surface area (Å²) < 4.78 is 8.11. The molecule has 0 N–H and O–H groups in total. The number of aromatic nitrogens is 6. The molecular weight excluding hydrogens is 308 g/mol. The third-order valence-electron chi connectivity index (χ3n) is 3.56. The Morgan fingerprint density at radius 3 is 2.62 bits per heavy atom. The van der Waals surface area contributed by atoms with Crippen molar-refractivity contribution in [3.63, 3.8) is 0 Å². The summed E-state index contributed by atoms with van der Waals surface area (Å²) in [5.74, 6) is -0.180. The molecule has 0 spiro atoms. The van der Waals surface area contributed by atoms with Gasteiger partial charge in [-0.05, 0) is 17.7 Å². The molecule has 8 nitrogen and oxygen atoms in total. The van der Waals surface area contributed by atoms with Crippen LogP contribution in [0.5, 0.6) is 0 Å². The Morgan fingerprint density at radius 2 is 1.92 bits per heavy atom. The Bertz CT molecular complexity index is 987. The molecule has 0 radical (unpaired) electrons. The van der Waals surface area contributed by atoms with Gasteiger partial charge < -0.3 is 4.57 Å². The van der Waals surface area contributed by atoms with Crippen molar-refractivity contribution in [3.05, 3.63) is 77.7 Å². The zero-order valence-corrected chi connectivity index (χ0v) is 12.5. The first-order chi connectivity index (χ1) is 11.8. The number of nitrogens with zero attached hydrogens (tertiary/aromatic N) is 6. The highest BCUT2D eigenvalue weighted by atomic mass is 16.5. The van der Waals surface area contributed by atoms with Gasteiger partial charge in [-0.25, -0.2) is 14.8 Å². The van der Waals surface area contributed by atoms with Crippen LogP contribution < -0.4 is 5.76 Å². The summed E-state index contributed by atoms with van der Waals surface area (Å²) in [6, 6.07) is 7.79. The Kier molecular flexibility index (Phi) is 3.47. The van der Waals surface area contributed by atoms with Crippen LogP contribution in [0.3, 0.4) is 0 Å². The lowest BCUT2D eigenvalue weighted by Crippen LogP contribution is -2.16. The quantitative estimate of drug-likeness (QED) is 0.566. The SMILES string of the molecule is O=c1onc(-c2cnccn2)n1Cc1ccc(-n2ccnc2)cc1. The second kappa shape index (κ2) is 5.92. The standard InChI is InChI=1S/C16H12N6O2/c23-16-22(15(20-24-16)14-9-17-5-6-19-14)10-12-1-3-13(4-2-12)21-8-7-18-11-21/h1-9,11H,10H2. The topological polar surface area (TPSA) is 91.6 Å². The highest BCUT2D eigenvalue weighted by Crippen LogP contribution is 2.14. The fourth-order valence-corrected chi connectivity index (χ4v) is 2.37. The molecule has 0 saturated carbocycles. The van der Waals surface area contributed by atoms with Gasteiger partial charge in [0.2, 0.25) is 5.82 Å². The summed E-state index contributed by atoms with van der Waals surface area (Å²) in [5, 5.41) is 3.80. The molecule has 0 aliphatic carbocycles. The normalized spacial score (nSPS) is 10.8. The van der Waals surface area contributed by atoms with E-state index in [-0.39, 0.29) is 0 Å². The monoisotopic (exact) mass is 320 g/mol. The average molecular weight is 320 g/mol. The second-order valence-corrected chi connectivity index (χ2v) is 5.09. The van der Waals surface area contributed by atoms with E-state index in [1.165, 1.54) is 10.8 Å². The summed E-state index contributed by atoms with van der Waals surface area (Å²) in [6.45, 7) is 0.332. The van der Waals surface area contributed by atoms with Gasteiger partial charge in [0.25, 0.3) is 0 Å². The van der Waals surface area contributed by atoms with Crippen molar-refractivity contribution >= 4 is 0 Å². The van der Waals surface area contributed by atoms with Gasteiger partial charge >= 0.3 is 5.76 Å². The maximum absolute atomic E-state index is 11.9. The largest absolute Gasteiger partial charge is 0.442 e. The fourth-order valence-electron chi connectivity index (χ4n) is 2.37. The van der Waals surface area contributed by atoms with Gasteiger partial charge in [0.1, 0.15) is 5.69 Å². The van der Waals surface area contributed by atoms with Crippen LogP contribution in [0, 0.1) is 0 Å². The minimum atomic E-state index is -0.533. The molecule has 118 valence electrons. The Morgan fingerprint density at radius 1 is 1.04 bits per heavy atom. The van der Waals surface area contributed by atoms with Gasteiger partial charge in [0.05, 0.1) is 19.1 Å². The molecule has 3 aromatic heterocycles. The zero-order valence-electron chi connectivity index (χ0n) is 12.5. The van der Waals surface area contributed by atoms with Crippen LogP contribution in [0.25, 0.3) is 17.2 Å². The summed E-state index contributed by atoms with van der Waals surface area (Å²) in [7, 11) is 0. The highest BCUT2D eigenvalue weighted by molar-refractivity contribution is 5.46. The van der Waals surface area contributed by atoms with Gasteiger partial charge in [-0.15, -0.1) is 0 Å². The number of imidazole rings is 1. The fraction of sp³-hybridized carbons (Fsp3) is 0.0625. The molecule has 0 aliphatic heterocycles. The van der Waals surface area contributed by atoms with Crippen molar-refractivity contribution in [2.45, 2.75) is 6.54 Å².